The van der Waals surface area contributed by atoms with Crippen molar-refractivity contribution < 1.29 is 19.0 Å². The Morgan fingerprint density at radius 3 is 2.43 bits per heavy atom. The van der Waals surface area contributed by atoms with Gasteiger partial charge in [-0.1, -0.05) is 27.5 Å². The van der Waals surface area contributed by atoms with E-state index >= 15 is 0 Å². The van der Waals surface area contributed by atoms with E-state index in [0.29, 0.717) is 28.9 Å². The molecular formula is C17H16BrClO4. The third-order valence-corrected chi connectivity index (χ3v) is 3.67. The van der Waals surface area contributed by atoms with Gasteiger partial charge in [0.1, 0.15) is 17.2 Å². The molecule has 6 heteroatoms. The molecule has 4 nitrogen and oxygen atoms in total. The van der Waals surface area contributed by atoms with Gasteiger partial charge in [0.25, 0.3) is 0 Å². The minimum absolute atomic E-state index is 0.327. The number of rotatable bonds is 6. The first kappa shape index (κ1) is 17.6. The number of benzene rings is 2. The van der Waals surface area contributed by atoms with Crippen molar-refractivity contribution in [3.8, 4) is 17.2 Å². The van der Waals surface area contributed by atoms with E-state index in [1.165, 1.54) is 0 Å². The number of hydrogen-bond donors (Lipinski definition) is 0. The second-order valence-corrected chi connectivity index (χ2v) is 5.98. The van der Waals surface area contributed by atoms with Crippen LogP contribution in [-0.2, 0) is 9.53 Å². The lowest BCUT2D eigenvalue weighted by Crippen LogP contribution is -2.25. The highest BCUT2D eigenvalue weighted by molar-refractivity contribution is 9.10. The predicted octanol–water partition coefficient (Wildman–Crippen LogP) is 5.23. The Morgan fingerprint density at radius 1 is 1.17 bits per heavy atom. The molecule has 0 bridgehead atoms. The average molecular weight is 400 g/mol. The summed E-state index contributed by atoms with van der Waals surface area (Å²) in [6, 6.07) is 12.3. The number of ether oxygens (including phenoxy) is 3. The molecule has 0 aliphatic heterocycles. The second-order valence-electron chi connectivity index (χ2n) is 4.66. The minimum atomic E-state index is -0.664. The largest absolute Gasteiger partial charge is 0.479 e. The summed E-state index contributed by atoms with van der Waals surface area (Å²) >= 11 is 9.46. The van der Waals surface area contributed by atoms with Gasteiger partial charge in [0, 0.05) is 4.47 Å². The maximum absolute atomic E-state index is 11.5. The summed E-state index contributed by atoms with van der Waals surface area (Å²) < 4.78 is 17.0. The molecule has 0 saturated heterocycles. The Morgan fingerprint density at radius 2 is 1.83 bits per heavy atom. The third kappa shape index (κ3) is 5.15. The molecule has 1 unspecified atom stereocenters. The summed E-state index contributed by atoms with van der Waals surface area (Å²) in [5, 5.41) is 0.510. The molecule has 0 aromatic heterocycles. The normalized spacial score (nSPS) is 11.7. The molecule has 0 aliphatic carbocycles. The van der Waals surface area contributed by atoms with Gasteiger partial charge in [0.15, 0.2) is 6.10 Å². The van der Waals surface area contributed by atoms with E-state index in [0.717, 1.165) is 4.47 Å². The van der Waals surface area contributed by atoms with Crippen molar-refractivity contribution in [3.63, 3.8) is 0 Å². The van der Waals surface area contributed by atoms with Crippen LogP contribution in [0.15, 0.2) is 46.9 Å². The first-order chi connectivity index (χ1) is 11.0. The SMILES string of the molecule is CCOC(=O)C(C)Oc1ccc(Oc2ccc(Br)cc2Cl)cc1. The Labute approximate surface area is 148 Å². The Kier molecular flexibility index (Phi) is 6.30. The van der Waals surface area contributed by atoms with Crippen molar-refractivity contribution in [3.05, 3.63) is 52.0 Å². The van der Waals surface area contributed by atoms with Crippen LogP contribution in [0, 0.1) is 0 Å². The van der Waals surface area contributed by atoms with Crippen LogP contribution in [-0.4, -0.2) is 18.7 Å². The van der Waals surface area contributed by atoms with Crippen LogP contribution in [0.3, 0.4) is 0 Å². The first-order valence-corrected chi connectivity index (χ1v) is 8.23. The average Bonchev–Trinajstić information content (AvgIpc) is 2.52. The predicted molar refractivity (Wildman–Crippen MR) is 92.4 cm³/mol. The molecule has 0 heterocycles. The van der Waals surface area contributed by atoms with E-state index in [2.05, 4.69) is 15.9 Å². The summed E-state index contributed by atoms with van der Waals surface area (Å²) in [4.78, 5) is 11.5. The third-order valence-electron chi connectivity index (χ3n) is 2.88. The summed E-state index contributed by atoms with van der Waals surface area (Å²) in [6.07, 6.45) is -0.664. The van der Waals surface area contributed by atoms with Crippen LogP contribution in [0.1, 0.15) is 13.8 Å². The summed E-state index contributed by atoms with van der Waals surface area (Å²) in [6.45, 7) is 3.72. The van der Waals surface area contributed by atoms with Crippen LogP contribution >= 0.6 is 27.5 Å². The Hall–Kier alpha value is -1.72. The maximum atomic E-state index is 11.5. The number of carbonyl (C=O) groups excluding carboxylic acids is 1. The van der Waals surface area contributed by atoms with E-state index in [4.69, 9.17) is 25.8 Å². The fourth-order valence-electron chi connectivity index (χ4n) is 1.78. The zero-order chi connectivity index (χ0) is 16.8. The monoisotopic (exact) mass is 398 g/mol. The molecule has 0 saturated carbocycles. The van der Waals surface area contributed by atoms with Gasteiger partial charge in [0.05, 0.1) is 11.6 Å². The highest BCUT2D eigenvalue weighted by atomic mass is 79.9. The number of halogens is 2. The van der Waals surface area contributed by atoms with E-state index in [9.17, 15) is 4.79 Å². The molecule has 0 amide bonds. The van der Waals surface area contributed by atoms with Gasteiger partial charge in [0.2, 0.25) is 0 Å². The molecule has 2 aromatic carbocycles. The Bertz CT molecular complexity index is 673. The minimum Gasteiger partial charge on any atom is -0.479 e. The summed E-state index contributed by atoms with van der Waals surface area (Å²) in [5.41, 5.74) is 0. The second kappa shape index (κ2) is 8.22. The van der Waals surface area contributed by atoms with Crippen LogP contribution in [0.2, 0.25) is 5.02 Å². The topological polar surface area (TPSA) is 44.8 Å². The van der Waals surface area contributed by atoms with E-state index < -0.39 is 12.1 Å². The fourth-order valence-corrected chi connectivity index (χ4v) is 2.50. The van der Waals surface area contributed by atoms with Gasteiger partial charge >= 0.3 is 5.97 Å². The van der Waals surface area contributed by atoms with Crippen molar-refractivity contribution in [2.24, 2.45) is 0 Å². The molecule has 2 rings (SSSR count). The lowest BCUT2D eigenvalue weighted by atomic mass is 10.3. The number of carbonyl (C=O) groups is 1. The standard InChI is InChI=1S/C17H16BrClO4/c1-3-21-17(20)11(2)22-13-5-7-14(8-6-13)23-16-9-4-12(18)10-15(16)19/h4-11H,3H2,1-2H3. The van der Waals surface area contributed by atoms with Crippen molar-refractivity contribution in [1.29, 1.82) is 0 Å². The van der Waals surface area contributed by atoms with Gasteiger partial charge in [-0.15, -0.1) is 0 Å². The molecule has 0 N–H and O–H groups in total. The molecule has 122 valence electrons. The molecule has 1 atom stereocenters. The van der Waals surface area contributed by atoms with Gasteiger partial charge < -0.3 is 14.2 Å². The van der Waals surface area contributed by atoms with Crippen LogP contribution < -0.4 is 9.47 Å². The lowest BCUT2D eigenvalue weighted by molar-refractivity contribution is -0.150. The molecular weight excluding hydrogens is 384 g/mol. The number of esters is 1. The van der Waals surface area contributed by atoms with E-state index in [-0.39, 0.29) is 0 Å². The summed E-state index contributed by atoms with van der Waals surface area (Å²) in [7, 11) is 0. The van der Waals surface area contributed by atoms with Crippen molar-refractivity contribution >= 4 is 33.5 Å². The molecule has 0 fully saturated rings. The lowest BCUT2D eigenvalue weighted by Gasteiger charge is -2.14. The zero-order valence-corrected chi connectivity index (χ0v) is 15.1. The maximum Gasteiger partial charge on any atom is 0.347 e. The molecule has 0 radical (unpaired) electrons. The van der Waals surface area contributed by atoms with Crippen molar-refractivity contribution in [2.75, 3.05) is 6.61 Å². The van der Waals surface area contributed by atoms with Crippen LogP contribution in [0.5, 0.6) is 17.2 Å². The Balaban J connectivity index is 2.00. The van der Waals surface area contributed by atoms with E-state index in [1.54, 1.807) is 50.2 Å². The van der Waals surface area contributed by atoms with Crippen molar-refractivity contribution in [1.82, 2.24) is 0 Å². The van der Waals surface area contributed by atoms with Gasteiger partial charge in [-0.25, -0.2) is 4.79 Å². The molecule has 0 spiro atoms. The molecule has 23 heavy (non-hydrogen) atoms. The molecule has 2 aromatic rings. The molecule has 0 aliphatic rings. The van der Waals surface area contributed by atoms with Crippen LogP contribution in [0.25, 0.3) is 0 Å². The quantitative estimate of drug-likeness (QED) is 0.624. The highest BCUT2D eigenvalue weighted by Crippen LogP contribution is 2.32. The van der Waals surface area contributed by atoms with Crippen LogP contribution in [0.4, 0.5) is 0 Å². The fraction of sp³-hybridized carbons (Fsp3) is 0.235. The van der Waals surface area contributed by atoms with Crippen molar-refractivity contribution in [2.45, 2.75) is 20.0 Å². The zero-order valence-electron chi connectivity index (χ0n) is 12.7. The first-order valence-electron chi connectivity index (χ1n) is 7.06. The van der Waals surface area contributed by atoms with Gasteiger partial charge in [-0.2, -0.15) is 0 Å². The smallest absolute Gasteiger partial charge is 0.347 e. The van der Waals surface area contributed by atoms with E-state index in [1.807, 2.05) is 6.07 Å². The highest BCUT2D eigenvalue weighted by Gasteiger charge is 2.15. The number of hydrogen-bond acceptors (Lipinski definition) is 4. The summed E-state index contributed by atoms with van der Waals surface area (Å²) in [5.74, 6) is 1.34. The van der Waals surface area contributed by atoms with Gasteiger partial charge in [-0.3, -0.25) is 0 Å². The van der Waals surface area contributed by atoms with Gasteiger partial charge in [-0.05, 0) is 56.3 Å².